The molecule has 0 aromatic heterocycles. The number of piperazine rings is 1. The molecule has 1 aromatic carbocycles. The van der Waals surface area contributed by atoms with Crippen molar-refractivity contribution < 1.29 is 9.59 Å². The number of nitrogens with zero attached hydrogens (tertiary/aromatic N) is 3. The molecule has 5 heteroatoms. The van der Waals surface area contributed by atoms with Crippen molar-refractivity contribution in [2.24, 2.45) is 0 Å². The van der Waals surface area contributed by atoms with Crippen molar-refractivity contribution in [3.63, 3.8) is 0 Å². The van der Waals surface area contributed by atoms with Gasteiger partial charge in [0.25, 0.3) is 0 Å². The number of amides is 2. The van der Waals surface area contributed by atoms with E-state index in [0.29, 0.717) is 19.6 Å². The Hall–Kier alpha value is -2.14. The van der Waals surface area contributed by atoms with Crippen molar-refractivity contribution in [1.82, 2.24) is 9.80 Å². The van der Waals surface area contributed by atoms with E-state index in [1.807, 2.05) is 23.1 Å². The highest BCUT2D eigenvalue weighted by atomic mass is 16.2. The number of carbonyl (C=O) groups excluding carboxylic acids is 2. The molecule has 1 fully saturated rings. The molecule has 0 N–H and O–H groups in total. The molecule has 2 amide bonds. The maximum Gasteiger partial charge on any atom is 0.246 e. The van der Waals surface area contributed by atoms with Gasteiger partial charge in [-0.05, 0) is 30.5 Å². The zero-order valence-corrected chi connectivity index (χ0v) is 13.4. The van der Waals surface area contributed by atoms with Crippen molar-refractivity contribution in [3.05, 3.63) is 42.5 Å². The number of rotatable bonds is 3. The van der Waals surface area contributed by atoms with Crippen LogP contribution in [0.5, 0.6) is 0 Å². The highest BCUT2D eigenvalue weighted by Gasteiger charge is 2.26. The van der Waals surface area contributed by atoms with Crippen LogP contribution in [0.3, 0.4) is 0 Å². The molecule has 2 aliphatic rings. The molecule has 0 atom stereocenters. The van der Waals surface area contributed by atoms with E-state index in [0.717, 1.165) is 38.2 Å². The largest absolute Gasteiger partial charge is 0.337 e. The van der Waals surface area contributed by atoms with Crippen molar-refractivity contribution in [1.29, 1.82) is 0 Å². The molecular weight excluding hydrogens is 290 g/mol. The third kappa shape index (κ3) is 3.45. The summed E-state index contributed by atoms with van der Waals surface area (Å²) in [6.07, 6.45) is 3.41. The highest BCUT2D eigenvalue weighted by Crippen LogP contribution is 2.26. The molecule has 2 heterocycles. The van der Waals surface area contributed by atoms with E-state index in [1.165, 1.54) is 11.6 Å². The molecule has 0 aliphatic carbocycles. The van der Waals surface area contributed by atoms with Crippen LogP contribution in [0.15, 0.2) is 36.9 Å². The van der Waals surface area contributed by atoms with Crippen LogP contribution in [0.1, 0.15) is 12.0 Å². The first-order chi connectivity index (χ1) is 11.2. The van der Waals surface area contributed by atoms with Crippen LogP contribution in [0.2, 0.25) is 0 Å². The summed E-state index contributed by atoms with van der Waals surface area (Å²) in [4.78, 5) is 30.1. The molecule has 2 aliphatic heterocycles. The summed E-state index contributed by atoms with van der Waals surface area (Å²) in [5.74, 6) is 0.126. The van der Waals surface area contributed by atoms with E-state index in [4.69, 9.17) is 0 Å². The quantitative estimate of drug-likeness (QED) is 0.790. The molecule has 0 saturated carbocycles. The van der Waals surface area contributed by atoms with Gasteiger partial charge in [-0.25, -0.2) is 0 Å². The fraction of sp³-hybridized carbons (Fsp3) is 0.444. The Morgan fingerprint density at radius 3 is 2.57 bits per heavy atom. The standard InChI is InChI=1S/C18H23N3O2/c1-2-17(22)20-12-10-19(11-13-20)14-18(23)21-9-5-7-15-6-3-4-8-16(15)21/h2-4,6,8H,1,5,7,9-14H2. The first-order valence-electron chi connectivity index (χ1n) is 8.21. The predicted molar refractivity (Wildman–Crippen MR) is 90.3 cm³/mol. The third-order valence-corrected chi connectivity index (χ3v) is 4.63. The zero-order chi connectivity index (χ0) is 16.2. The highest BCUT2D eigenvalue weighted by molar-refractivity contribution is 5.96. The predicted octanol–water partition coefficient (Wildman–Crippen LogP) is 1.30. The summed E-state index contributed by atoms with van der Waals surface area (Å²) >= 11 is 0. The minimum atomic E-state index is -0.0269. The number of aryl methyl sites for hydroxylation is 1. The van der Waals surface area contributed by atoms with Crippen LogP contribution < -0.4 is 4.90 Å². The van der Waals surface area contributed by atoms with Gasteiger partial charge in [-0.3, -0.25) is 14.5 Å². The molecular formula is C18H23N3O2. The second kappa shape index (κ2) is 6.96. The summed E-state index contributed by atoms with van der Waals surface area (Å²) in [6, 6.07) is 8.16. The lowest BCUT2D eigenvalue weighted by Gasteiger charge is -2.36. The van der Waals surface area contributed by atoms with Gasteiger partial charge in [-0.15, -0.1) is 0 Å². The van der Waals surface area contributed by atoms with E-state index in [9.17, 15) is 9.59 Å². The van der Waals surface area contributed by atoms with Gasteiger partial charge in [0.05, 0.1) is 6.54 Å². The molecule has 0 bridgehead atoms. The smallest absolute Gasteiger partial charge is 0.246 e. The topological polar surface area (TPSA) is 43.9 Å². The van der Waals surface area contributed by atoms with Crippen molar-refractivity contribution in [2.75, 3.05) is 44.2 Å². The first kappa shape index (κ1) is 15.7. The molecule has 0 unspecified atom stereocenters. The number of hydrogen-bond donors (Lipinski definition) is 0. The number of anilines is 1. The van der Waals surface area contributed by atoms with Crippen molar-refractivity contribution in [2.45, 2.75) is 12.8 Å². The SMILES string of the molecule is C=CC(=O)N1CCN(CC(=O)N2CCCc3ccccc32)CC1. The summed E-state index contributed by atoms with van der Waals surface area (Å²) in [6.45, 7) is 7.53. The normalized spacial score (nSPS) is 18.4. The van der Waals surface area contributed by atoms with Crippen LogP contribution in [0, 0.1) is 0 Å². The average Bonchev–Trinajstić information content (AvgIpc) is 2.61. The van der Waals surface area contributed by atoms with Gasteiger partial charge in [-0.1, -0.05) is 24.8 Å². The Kier molecular flexibility index (Phi) is 4.76. The van der Waals surface area contributed by atoms with E-state index >= 15 is 0 Å². The summed E-state index contributed by atoms with van der Waals surface area (Å²) in [5, 5.41) is 0. The molecule has 1 saturated heterocycles. The van der Waals surface area contributed by atoms with Gasteiger partial charge < -0.3 is 9.80 Å². The Morgan fingerprint density at radius 1 is 1.09 bits per heavy atom. The van der Waals surface area contributed by atoms with Crippen LogP contribution in [-0.2, 0) is 16.0 Å². The summed E-state index contributed by atoms with van der Waals surface area (Å²) < 4.78 is 0. The maximum atomic E-state index is 12.7. The summed E-state index contributed by atoms with van der Waals surface area (Å²) in [5.41, 5.74) is 2.32. The van der Waals surface area contributed by atoms with Crippen LogP contribution >= 0.6 is 0 Å². The molecule has 5 nitrogen and oxygen atoms in total. The lowest BCUT2D eigenvalue weighted by molar-refractivity contribution is -0.128. The zero-order valence-electron chi connectivity index (χ0n) is 13.4. The number of carbonyl (C=O) groups is 2. The molecule has 122 valence electrons. The van der Waals surface area contributed by atoms with Gasteiger partial charge in [-0.2, -0.15) is 0 Å². The lowest BCUT2D eigenvalue weighted by Crippen LogP contribution is -2.51. The Morgan fingerprint density at radius 2 is 1.83 bits per heavy atom. The fourth-order valence-electron chi connectivity index (χ4n) is 3.32. The minimum absolute atomic E-state index is 0.0269. The molecule has 1 aromatic rings. The second-order valence-electron chi connectivity index (χ2n) is 6.08. The van der Waals surface area contributed by atoms with Crippen molar-refractivity contribution in [3.8, 4) is 0 Å². The number of benzene rings is 1. The Balaban J connectivity index is 1.59. The number of fused-ring (bicyclic) bond motifs is 1. The van der Waals surface area contributed by atoms with Crippen LogP contribution in [-0.4, -0.2) is 60.9 Å². The Bertz CT molecular complexity index is 606. The monoisotopic (exact) mass is 313 g/mol. The van der Waals surface area contributed by atoms with Gasteiger partial charge in [0, 0.05) is 38.4 Å². The number of para-hydroxylation sites is 1. The van der Waals surface area contributed by atoms with Crippen LogP contribution in [0.25, 0.3) is 0 Å². The van der Waals surface area contributed by atoms with Gasteiger partial charge in [0.1, 0.15) is 0 Å². The van der Waals surface area contributed by atoms with Gasteiger partial charge in [0.15, 0.2) is 0 Å². The van der Waals surface area contributed by atoms with Gasteiger partial charge in [0.2, 0.25) is 11.8 Å². The molecule has 23 heavy (non-hydrogen) atoms. The average molecular weight is 313 g/mol. The van der Waals surface area contributed by atoms with Crippen LogP contribution in [0.4, 0.5) is 5.69 Å². The second-order valence-corrected chi connectivity index (χ2v) is 6.08. The summed E-state index contributed by atoms with van der Waals surface area (Å²) in [7, 11) is 0. The van der Waals surface area contributed by atoms with E-state index in [1.54, 1.807) is 4.90 Å². The minimum Gasteiger partial charge on any atom is -0.337 e. The lowest BCUT2D eigenvalue weighted by atomic mass is 10.0. The molecule has 0 spiro atoms. The maximum absolute atomic E-state index is 12.7. The fourth-order valence-corrected chi connectivity index (χ4v) is 3.32. The third-order valence-electron chi connectivity index (χ3n) is 4.63. The van der Waals surface area contributed by atoms with Gasteiger partial charge >= 0.3 is 0 Å². The Labute approximate surface area is 137 Å². The number of hydrogen-bond acceptors (Lipinski definition) is 3. The first-order valence-corrected chi connectivity index (χ1v) is 8.21. The van der Waals surface area contributed by atoms with E-state index in [-0.39, 0.29) is 11.8 Å². The molecule has 0 radical (unpaired) electrons. The molecule has 3 rings (SSSR count). The van der Waals surface area contributed by atoms with E-state index < -0.39 is 0 Å². The van der Waals surface area contributed by atoms with E-state index in [2.05, 4.69) is 17.5 Å². The van der Waals surface area contributed by atoms with Crippen molar-refractivity contribution >= 4 is 17.5 Å².